The summed E-state index contributed by atoms with van der Waals surface area (Å²) in [5.41, 5.74) is 11.1. The number of nitrogens with two attached hydrogens (primary N) is 2. The van der Waals surface area contributed by atoms with Gasteiger partial charge in [0.15, 0.2) is 5.96 Å². The molecule has 34 heavy (non-hydrogen) atoms. The number of hydrogen-bond donors (Lipinski definition) is 5. The maximum Gasteiger partial charge on any atom is 0.328 e. The van der Waals surface area contributed by atoms with E-state index in [-0.39, 0.29) is 11.9 Å². The summed E-state index contributed by atoms with van der Waals surface area (Å²) in [6, 6.07) is -1.37. The molecule has 0 spiro atoms. The van der Waals surface area contributed by atoms with Crippen LogP contribution < -0.4 is 22.1 Å². The van der Waals surface area contributed by atoms with E-state index in [1.54, 1.807) is 0 Å². The lowest BCUT2D eigenvalue weighted by molar-refractivity contribution is -0.148. The SMILES string of the molecule is CCCCCCCCCCCCCCCCOC(=O)C(CC)NC(=O)C(N)CCCNC(=N)N. The molecule has 0 saturated heterocycles. The molecule has 8 nitrogen and oxygen atoms in total. The van der Waals surface area contributed by atoms with Crippen molar-refractivity contribution in [2.45, 2.75) is 135 Å². The Morgan fingerprint density at radius 2 is 1.32 bits per heavy atom. The molecule has 1 amide bonds. The molecule has 200 valence electrons. The fraction of sp³-hybridized carbons (Fsp3) is 0.885. The number of guanidine groups is 1. The van der Waals surface area contributed by atoms with Gasteiger partial charge in [-0.25, -0.2) is 4.79 Å². The van der Waals surface area contributed by atoms with Gasteiger partial charge in [-0.3, -0.25) is 10.2 Å². The van der Waals surface area contributed by atoms with E-state index in [4.69, 9.17) is 21.6 Å². The number of ether oxygens (including phenoxy) is 1. The summed E-state index contributed by atoms with van der Waals surface area (Å²) in [6.07, 6.45) is 19.5. The van der Waals surface area contributed by atoms with Crippen molar-refractivity contribution in [1.29, 1.82) is 5.41 Å². The molecule has 2 atom stereocenters. The summed E-state index contributed by atoms with van der Waals surface area (Å²) in [5, 5.41) is 12.5. The monoisotopic (exact) mass is 483 g/mol. The largest absolute Gasteiger partial charge is 0.464 e. The molecule has 8 heteroatoms. The van der Waals surface area contributed by atoms with Crippen molar-refractivity contribution in [2.24, 2.45) is 11.5 Å². The van der Waals surface area contributed by atoms with E-state index in [1.807, 2.05) is 6.92 Å². The first-order chi connectivity index (χ1) is 16.4. The zero-order valence-corrected chi connectivity index (χ0v) is 22.0. The summed E-state index contributed by atoms with van der Waals surface area (Å²) in [4.78, 5) is 24.5. The minimum Gasteiger partial charge on any atom is -0.464 e. The van der Waals surface area contributed by atoms with Crippen molar-refractivity contribution < 1.29 is 14.3 Å². The number of unbranched alkanes of at least 4 members (excludes halogenated alkanes) is 13. The Kier molecular flexibility index (Phi) is 21.7. The zero-order chi connectivity index (χ0) is 25.4. The molecule has 7 N–H and O–H groups in total. The normalized spacial score (nSPS) is 12.7. The highest BCUT2D eigenvalue weighted by atomic mass is 16.5. The van der Waals surface area contributed by atoms with Crippen molar-refractivity contribution in [3.05, 3.63) is 0 Å². The molecule has 0 bridgehead atoms. The number of esters is 1. The van der Waals surface area contributed by atoms with Gasteiger partial charge in [0.25, 0.3) is 0 Å². The highest BCUT2D eigenvalue weighted by molar-refractivity contribution is 5.87. The van der Waals surface area contributed by atoms with Crippen molar-refractivity contribution >= 4 is 17.8 Å². The maximum atomic E-state index is 12.3. The number of nitrogens with one attached hydrogen (secondary N) is 3. The van der Waals surface area contributed by atoms with Crippen LogP contribution >= 0.6 is 0 Å². The summed E-state index contributed by atoms with van der Waals surface area (Å²) in [5.74, 6) is -0.857. The number of carbonyl (C=O) groups is 2. The van der Waals surface area contributed by atoms with Crippen LogP contribution in [0.15, 0.2) is 0 Å². The van der Waals surface area contributed by atoms with E-state index in [1.165, 1.54) is 77.0 Å². The highest BCUT2D eigenvalue weighted by Crippen LogP contribution is 2.13. The van der Waals surface area contributed by atoms with Crippen LogP contribution in [0.5, 0.6) is 0 Å². The van der Waals surface area contributed by atoms with E-state index in [0.29, 0.717) is 32.4 Å². The van der Waals surface area contributed by atoms with Crippen LogP contribution in [-0.4, -0.2) is 43.1 Å². The van der Waals surface area contributed by atoms with Crippen LogP contribution in [0.4, 0.5) is 0 Å². The van der Waals surface area contributed by atoms with Gasteiger partial charge in [0.2, 0.25) is 5.91 Å². The Hall–Kier alpha value is -1.83. The fourth-order valence-electron chi connectivity index (χ4n) is 3.85. The molecule has 0 heterocycles. The van der Waals surface area contributed by atoms with Crippen molar-refractivity contribution in [2.75, 3.05) is 13.2 Å². The first-order valence-electron chi connectivity index (χ1n) is 13.7. The van der Waals surface area contributed by atoms with Gasteiger partial charge in [-0.2, -0.15) is 0 Å². The topological polar surface area (TPSA) is 143 Å². The van der Waals surface area contributed by atoms with Gasteiger partial charge in [0.1, 0.15) is 6.04 Å². The fourth-order valence-corrected chi connectivity index (χ4v) is 3.85. The standard InChI is InChI=1S/C26H53N5O3/c1-3-5-6-7-8-9-10-11-12-13-14-15-16-17-21-34-25(33)23(4-2)31-24(32)22(27)19-18-20-30-26(28)29/h22-23H,3-21,27H2,1-2H3,(H,31,32)(H4,28,29,30). The quantitative estimate of drug-likeness (QED) is 0.0626. The van der Waals surface area contributed by atoms with E-state index >= 15 is 0 Å². The number of hydrogen-bond acceptors (Lipinski definition) is 5. The van der Waals surface area contributed by atoms with Gasteiger partial charge in [-0.1, -0.05) is 97.3 Å². The summed E-state index contributed by atoms with van der Waals surface area (Å²) >= 11 is 0. The average molecular weight is 484 g/mol. The van der Waals surface area contributed by atoms with Crippen LogP contribution in [0.25, 0.3) is 0 Å². The number of rotatable bonds is 23. The molecule has 2 unspecified atom stereocenters. The minimum atomic E-state index is -0.707. The van der Waals surface area contributed by atoms with Gasteiger partial charge < -0.3 is 26.8 Å². The Morgan fingerprint density at radius 1 is 0.824 bits per heavy atom. The van der Waals surface area contributed by atoms with Crippen LogP contribution in [-0.2, 0) is 14.3 Å². The number of carbonyl (C=O) groups excluding carboxylic acids is 2. The van der Waals surface area contributed by atoms with Crippen LogP contribution in [0.1, 0.15) is 123 Å². The van der Waals surface area contributed by atoms with Gasteiger partial charge in [0, 0.05) is 6.54 Å². The predicted molar refractivity (Wildman–Crippen MR) is 141 cm³/mol. The summed E-state index contributed by atoms with van der Waals surface area (Å²) in [6.45, 7) is 4.97. The third kappa shape index (κ3) is 19.6. The van der Waals surface area contributed by atoms with Crippen LogP contribution in [0.3, 0.4) is 0 Å². The van der Waals surface area contributed by atoms with E-state index in [2.05, 4.69) is 17.6 Å². The molecule has 0 aliphatic heterocycles. The summed E-state index contributed by atoms with van der Waals surface area (Å²) in [7, 11) is 0. The second-order valence-electron chi connectivity index (χ2n) is 9.32. The van der Waals surface area contributed by atoms with Crippen molar-refractivity contribution in [1.82, 2.24) is 10.6 Å². The van der Waals surface area contributed by atoms with Gasteiger partial charge in [0.05, 0.1) is 12.6 Å². The van der Waals surface area contributed by atoms with Crippen LogP contribution in [0.2, 0.25) is 0 Å². The Labute approximate surface area is 208 Å². The third-order valence-electron chi connectivity index (χ3n) is 6.10. The molecule has 0 radical (unpaired) electrons. The van der Waals surface area contributed by atoms with E-state index in [0.717, 1.165) is 12.8 Å². The van der Waals surface area contributed by atoms with Gasteiger partial charge in [-0.15, -0.1) is 0 Å². The predicted octanol–water partition coefficient (Wildman–Crippen LogP) is 4.50. The van der Waals surface area contributed by atoms with Gasteiger partial charge >= 0.3 is 5.97 Å². The lowest BCUT2D eigenvalue weighted by Crippen LogP contribution is -2.48. The highest BCUT2D eigenvalue weighted by Gasteiger charge is 2.23. The van der Waals surface area contributed by atoms with Crippen molar-refractivity contribution in [3.8, 4) is 0 Å². The van der Waals surface area contributed by atoms with E-state index in [9.17, 15) is 9.59 Å². The summed E-state index contributed by atoms with van der Waals surface area (Å²) < 4.78 is 5.37. The zero-order valence-electron chi connectivity index (χ0n) is 22.0. The molecule has 0 aliphatic carbocycles. The minimum absolute atomic E-state index is 0.106. The lowest BCUT2D eigenvalue weighted by atomic mass is 10.0. The molecule has 0 aromatic rings. The van der Waals surface area contributed by atoms with Gasteiger partial charge in [-0.05, 0) is 25.7 Å². The first-order valence-corrected chi connectivity index (χ1v) is 13.7. The second kappa shape index (κ2) is 22.9. The van der Waals surface area contributed by atoms with Crippen molar-refractivity contribution in [3.63, 3.8) is 0 Å². The molecule has 0 aromatic heterocycles. The second-order valence-corrected chi connectivity index (χ2v) is 9.32. The lowest BCUT2D eigenvalue weighted by Gasteiger charge is -2.19. The molecule has 0 aliphatic rings. The number of amides is 1. The third-order valence-corrected chi connectivity index (χ3v) is 6.10. The molecule has 0 saturated carbocycles. The van der Waals surface area contributed by atoms with Crippen LogP contribution in [0, 0.1) is 5.41 Å². The molecular formula is C26H53N5O3. The molecule has 0 aromatic carbocycles. The Bertz CT molecular complexity index is 531. The maximum absolute atomic E-state index is 12.3. The molecule has 0 fully saturated rings. The first kappa shape index (κ1) is 32.2. The smallest absolute Gasteiger partial charge is 0.328 e. The van der Waals surface area contributed by atoms with E-state index < -0.39 is 18.1 Å². The average Bonchev–Trinajstić information content (AvgIpc) is 2.82. The Morgan fingerprint density at radius 3 is 1.79 bits per heavy atom. The molecule has 0 rings (SSSR count). The molecular weight excluding hydrogens is 430 g/mol. The Balaban J connectivity index is 3.69.